The van der Waals surface area contributed by atoms with Crippen LogP contribution in [0.4, 0.5) is 5.69 Å². The Kier molecular flexibility index (Phi) is 6.81. The molecule has 1 fully saturated rings. The minimum absolute atomic E-state index is 0.0408. The summed E-state index contributed by atoms with van der Waals surface area (Å²) in [6.45, 7) is 5.74. The number of carbonyl (C=O) groups is 1. The van der Waals surface area contributed by atoms with Crippen LogP contribution in [0.15, 0.2) is 59.8 Å². The number of likely N-dealkylation sites (tertiary alicyclic amines) is 1. The van der Waals surface area contributed by atoms with Gasteiger partial charge in [0.1, 0.15) is 5.82 Å². The van der Waals surface area contributed by atoms with E-state index in [1.807, 2.05) is 49.4 Å². The molecule has 1 aliphatic rings. The quantitative estimate of drug-likeness (QED) is 0.558. The number of carbonyl (C=O) groups excluding carboxylic acids is 1. The highest BCUT2D eigenvalue weighted by Crippen LogP contribution is 2.21. The molecule has 30 heavy (non-hydrogen) atoms. The van der Waals surface area contributed by atoms with E-state index in [4.69, 9.17) is 0 Å². The summed E-state index contributed by atoms with van der Waals surface area (Å²) in [5.74, 6) is 1.22. The molecule has 2 heterocycles. The summed E-state index contributed by atoms with van der Waals surface area (Å²) in [5.41, 5.74) is 3.14. The van der Waals surface area contributed by atoms with Gasteiger partial charge in [0.25, 0.3) is 0 Å². The van der Waals surface area contributed by atoms with Gasteiger partial charge in [-0.3, -0.25) is 9.69 Å². The highest BCUT2D eigenvalue weighted by atomic mass is 32.2. The molecule has 0 spiro atoms. The number of benzene rings is 2. The molecule has 2 aromatic carbocycles. The summed E-state index contributed by atoms with van der Waals surface area (Å²) in [7, 11) is 0. The highest BCUT2D eigenvalue weighted by molar-refractivity contribution is 7.99. The summed E-state index contributed by atoms with van der Waals surface area (Å²) in [6, 6.07) is 18.2. The maximum atomic E-state index is 12.5. The summed E-state index contributed by atoms with van der Waals surface area (Å²) in [6.07, 6.45) is 2.49. The maximum Gasteiger partial charge on any atom is 0.234 e. The Morgan fingerprint density at radius 1 is 1.03 bits per heavy atom. The lowest BCUT2D eigenvalue weighted by Gasteiger charge is -2.16. The van der Waals surface area contributed by atoms with Crippen LogP contribution in [0.1, 0.15) is 29.8 Å². The molecule has 1 amide bonds. The van der Waals surface area contributed by atoms with Gasteiger partial charge >= 0.3 is 0 Å². The Bertz CT molecular complexity index is 982. The van der Waals surface area contributed by atoms with Crippen LogP contribution in [-0.2, 0) is 17.9 Å². The van der Waals surface area contributed by atoms with E-state index >= 15 is 0 Å². The topological polar surface area (TPSA) is 63.1 Å². The fraction of sp³-hybridized carbons (Fsp3) is 0.348. The van der Waals surface area contributed by atoms with Gasteiger partial charge in [-0.15, -0.1) is 10.2 Å². The standard InChI is InChI=1S/C23H27N5OS/c1-18-8-7-11-20(14-18)24-22(29)17-30-23-26-25-21(16-27-12-5-6-13-27)28(23)15-19-9-3-2-4-10-19/h2-4,7-11,14H,5-6,12-13,15-17H2,1H3,(H,24,29). The average Bonchev–Trinajstić information content (AvgIpc) is 3.38. The summed E-state index contributed by atoms with van der Waals surface area (Å²) in [4.78, 5) is 14.9. The second-order valence-electron chi connectivity index (χ2n) is 7.66. The third-order valence-corrected chi connectivity index (χ3v) is 6.14. The molecule has 0 saturated carbocycles. The van der Waals surface area contributed by atoms with Crippen molar-refractivity contribution in [3.63, 3.8) is 0 Å². The lowest BCUT2D eigenvalue weighted by atomic mass is 10.2. The van der Waals surface area contributed by atoms with Crippen molar-refractivity contribution in [2.45, 2.75) is 38.0 Å². The third kappa shape index (κ3) is 5.49. The molecular formula is C23H27N5OS. The molecule has 156 valence electrons. The molecule has 0 unspecified atom stereocenters. The van der Waals surface area contributed by atoms with Crippen molar-refractivity contribution in [1.82, 2.24) is 19.7 Å². The van der Waals surface area contributed by atoms with E-state index in [-0.39, 0.29) is 5.91 Å². The Morgan fingerprint density at radius 2 is 1.83 bits per heavy atom. The molecular weight excluding hydrogens is 394 g/mol. The number of aryl methyl sites for hydroxylation is 1. The molecule has 4 rings (SSSR count). The zero-order valence-corrected chi connectivity index (χ0v) is 18.1. The van der Waals surface area contributed by atoms with Crippen LogP contribution in [0.25, 0.3) is 0 Å². The van der Waals surface area contributed by atoms with E-state index in [0.29, 0.717) is 12.3 Å². The Balaban J connectivity index is 1.45. The fourth-order valence-corrected chi connectivity index (χ4v) is 4.41. The maximum absolute atomic E-state index is 12.5. The fourth-order valence-electron chi connectivity index (χ4n) is 3.66. The first-order valence-electron chi connectivity index (χ1n) is 10.3. The first-order valence-corrected chi connectivity index (χ1v) is 11.3. The van der Waals surface area contributed by atoms with Gasteiger partial charge in [0.05, 0.1) is 18.8 Å². The number of amides is 1. The number of nitrogens with zero attached hydrogens (tertiary/aromatic N) is 4. The Morgan fingerprint density at radius 3 is 2.60 bits per heavy atom. The highest BCUT2D eigenvalue weighted by Gasteiger charge is 2.19. The van der Waals surface area contributed by atoms with Crippen LogP contribution >= 0.6 is 11.8 Å². The number of nitrogens with one attached hydrogen (secondary N) is 1. The zero-order valence-electron chi connectivity index (χ0n) is 17.3. The molecule has 3 aromatic rings. The number of anilines is 1. The van der Waals surface area contributed by atoms with E-state index < -0.39 is 0 Å². The van der Waals surface area contributed by atoms with Gasteiger partial charge in [-0.2, -0.15) is 0 Å². The van der Waals surface area contributed by atoms with E-state index in [1.54, 1.807) is 0 Å². The van der Waals surface area contributed by atoms with Gasteiger partial charge in [-0.1, -0.05) is 54.2 Å². The van der Waals surface area contributed by atoms with Gasteiger partial charge in [-0.05, 0) is 56.1 Å². The molecule has 6 nitrogen and oxygen atoms in total. The second kappa shape index (κ2) is 9.91. The monoisotopic (exact) mass is 421 g/mol. The van der Waals surface area contributed by atoms with E-state index in [9.17, 15) is 4.79 Å². The predicted octanol–water partition coefficient (Wildman–Crippen LogP) is 3.96. The summed E-state index contributed by atoms with van der Waals surface area (Å²) >= 11 is 1.44. The van der Waals surface area contributed by atoms with Crippen molar-refractivity contribution in [3.8, 4) is 0 Å². The van der Waals surface area contributed by atoms with E-state index in [0.717, 1.165) is 41.9 Å². The molecule has 0 aliphatic carbocycles. The largest absolute Gasteiger partial charge is 0.325 e. The van der Waals surface area contributed by atoms with E-state index in [1.165, 1.54) is 30.2 Å². The van der Waals surface area contributed by atoms with Gasteiger partial charge < -0.3 is 9.88 Å². The smallest absolute Gasteiger partial charge is 0.234 e. The van der Waals surface area contributed by atoms with Crippen molar-refractivity contribution in [2.75, 3.05) is 24.2 Å². The molecule has 1 aliphatic heterocycles. The summed E-state index contributed by atoms with van der Waals surface area (Å²) in [5, 5.41) is 12.6. The molecule has 1 N–H and O–H groups in total. The zero-order chi connectivity index (χ0) is 20.8. The van der Waals surface area contributed by atoms with Gasteiger partial charge in [0, 0.05) is 5.69 Å². The third-order valence-electron chi connectivity index (χ3n) is 5.17. The Labute approximate surface area is 181 Å². The molecule has 0 bridgehead atoms. The number of hydrogen-bond acceptors (Lipinski definition) is 5. The average molecular weight is 422 g/mol. The number of hydrogen-bond donors (Lipinski definition) is 1. The van der Waals surface area contributed by atoms with Gasteiger partial charge in [-0.25, -0.2) is 0 Å². The first kappa shape index (κ1) is 20.6. The van der Waals surface area contributed by atoms with Crippen LogP contribution in [0.5, 0.6) is 0 Å². The molecule has 1 saturated heterocycles. The lowest BCUT2D eigenvalue weighted by molar-refractivity contribution is -0.113. The Hall–Kier alpha value is -2.64. The van der Waals surface area contributed by atoms with Crippen LogP contribution in [0.2, 0.25) is 0 Å². The van der Waals surface area contributed by atoms with Crippen LogP contribution in [-0.4, -0.2) is 44.4 Å². The molecule has 7 heteroatoms. The lowest BCUT2D eigenvalue weighted by Crippen LogP contribution is -2.22. The van der Waals surface area contributed by atoms with Crippen molar-refractivity contribution in [1.29, 1.82) is 0 Å². The molecule has 0 atom stereocenters. The van der Waals surface area contributed by atoms with Crippen LogP contribution in [0.3, 0.4) is 0 Å². The predicted molar refractivity (Wildman–Crippen MR) is 121 cm³/mol. The number of rotatable bonds is 8. The van der Waals surface area contributed by atoms with Crippen molar-refractivity contribution in [3.05, 3.63) is 71.5 Å². The van der Waals surface area contributed by atoms with E-state index in [2.05, 4.69) is 37.1 Å². The van der Waals surface area contributed by atoms with Crippen LogP contribution in [0, 0.1) is 6.92 Å². The second-order valence-corrected chi connectivity index (χ2v) is 8.60. The molecule has 1 aromatic heterocycles. The number of thioether (sulfide) groups is 1. The van der Waals surface area contributed by atoms with Crippen molar-refractivity contribution >= 4 is 23.4 Å². The SMILES string of the molecule is Cc1cccc(NC(=O)CSc2nnc(CN3CCCC3)n2Cc2ccccc2)c1. The van der Waals surface area contributed by atoms with Crippen molar-refractivity contribution < 1.29 is 4.79 Å². The van der Waals surface area contributed by atoms with Gasteiger partial charge in [0.15, 0.2) is 5.16 Å². The first-order chi connectivity index (χ1) is 14.7. The molecule has 0 radical (unpaired) electrons. The minimum Gasteiger partial charge on any atom is -0.325 e. The van der Waals surface area contributed by atoms with Gasteiger partial charge in [0.2, 0.25) is 5.91 Å². The number of aromatic nitrogens is 3. The summed E-state index contributed by atoms with van der Waals surface area (Å²) < 4.78 is 2.15. The van der Waals surface area contributed by atoms with Crippen molar-refractivity contribution in [2.24, 2.45) is 0 Å². The minimum atomic E-state index is -0.0408. The normalized spacial score (nSPS) is 14.2. The van der Waals surface area contributed by atoms with Crippen LogP contribution < -0.4 is 5.32 Å².